The largest absolute Gasteiger partial charge is 0.456 e. The summed E-state index contributed by atoms with van der Waals surface area (Å²) in [5, 5.41) is 9.46. The molecule has 13 rings (SSSR count). The number of benzene rings is 9. The smallest absolute Gasteiger partial charge is 0.135 e. The summed E-state index contributed by atoms with van der Waals surface area (Å²) in [5.74, 6) is 0. The van der Waals surface area contributed by atoms with Crippen LogP contribution >= 0.6 is 0 Å². The molecule has 0 amide bonds. The average molecular weight is 773 g/mol. The van der Waals surface area contributed by atoms with Crippen LogP contribution in [-0.2, 0) is 0 Å². The Morgan fingerprint density at radius 3 is 1.10 bits per heavy atom. The van der Waals surface area contributed by atoms with E-state index in [1.54, 1.807) is 0 Å². The third-order valence-electron chi connectivity index (χ3n) is 12.1. The fourth-order valence-corrected chi connectivity index (χ4v) is 9.44. The van der Waals surface area contributed by atoms with Gasteiger partial charge in [0.1, 0.15) is 22.3 Å². The first kappa shape index (κ1) is 34.2. The van der Waals surface area contributed by atoms with Gasteiger partial charge in [0.15, 0.2) is 0 Å². The van der Waals surface area contributed by atoms with Gasteiger partial charge in [0.25, 0.3) is 0 Å². The van der Waals surface area contributed by atoms with Gasteiger partial charge in [-0.2, -0.15) is 0 Å². The van der Waals surface area contributed by atoms with Crippen LogP contribution in [0.15, 0.2) is 203 Å². The molecule has 9 aromatic carbocycles. The van der Waals surface area contributed by atoms with Crippen LogP contribution in [0, 0.1) is 0 Å². The molecular formula is C56H40N2O2. The Kier molecular flexibility index (Phi) is 7.63. The van der Waals surface area contributed by atoms with Crippen LogP contribution in [0.3, 0.4) is 0 Å². The molecule has 0 saturated heterocycles. The second-order valence-electron chi connectivity index (χ2n) is 15.3. The van der Waals surface area contributed by atoms with E-state index in [9.17, 15) is 0 Å². The summed E-state index contributed by atoms with van der Waals surface area (Å²) >= 11 is 0. The Labute approximate surface area is 347 Å². The first-order valence-electron chi connectivity index (χ1n) is 20.7. The minimum absolute atomic E-state index is 0. The standard InChI is InChI=1S/C54H32N2O2.C2H6.H2/c1-5-16-47-39(12-1)43-28-33(35-22-26-53-45(30-35)41-14-3-7-18-51(41)57-53)20-24-49(43)55(47)37-10-9-11-38(32-37)56-48-17-6-2-13-40(48)44-29-34(21-25-50(44)56)36-23-27-54-46(31-36)42-15-4-8-19-52(42)58-54;1-2;/h1-32H;1-2H3;1H. The van der Waals surface area contributed by atoms with Gasteiger partial charge in [-0.3, -0.25) is 0 Å². The summed E-state index contributed by atoms with van der Waals surface area (Å²) in [6.07, 6.45) is 0. The van der Waals surface area contributed by atoms with Crippen LogP contribution in [0.4, 0.5) is 0 Å². The molecule has 4 heterocycles. The third-order valence-corrected chi connectivity index (χ3v) is 12.1. The second-order valence-corrected chi connectivity index (χ2v) is 15.3. The maximum absolute atomic E-state index is 6.14. The first-order chi connectivity index (χ1) is 29.7. The van der Waals surface area contributed by atoms with Crippen molar-refractivity contribution in [3.8, 4) is 33.6 Å². The summed E-state index contributed by atoms with van der Waals surface area (Å²) in [6, 6.07) is 69.8. The molecule has 0 N–H and O–H groups in total. The van der Waals surface area contributed by atoms with Crippen LogP contribution in [0.2, 0.25) is 0 Å². The Morgan fingerprint density at radius 2 is 0.633 bits per heavy atom. The number of hydrogen-bond acceptors (Lipinski definition) is 2. The van der Waals surface area contributed by atoms with Crippen LogP contribution in [0.25, 0.3) is 121 Å². The summed E-state index contributed by atoms with van der Waals surface area (Å²) in [5.41, 5.74) is 15.3. The number of furan rings is 2. The topological polar surface area (TPSA) is 36.1 Å². The zero-order valence-electron chi connectivity index (χ0n) is 33.2. The normalized spacial score (nSPS) is 11.8. The van der Waals surface area contributed by atoms with Gasteiger partial charge in [-0.15, -0.1) is 0 Å². The minimum atomic E-state index is 0. The molecule has 0 bridgehead atoms. The van der Waals surface area contributed by atoms with Gasteiger partial charge in [0.2, 0.25) is 0 Å². The van der Waals surface area contributed by atoms with E-state index in [1.807, 2.05) is 38.1 Å². The highest BCUT2D eigenvalue weighted by Gasteiger charge is 2.18. The maximum Gasteiger partial charge on any atom is 0.135 e. The lowest BCUT2D eigenvalue weighted by molar-refractivity contribution is 0.668. The van der Waals surface area contributed by atoms with E-state index < -0.39 is 0 Å². The van der Waals surface area contributed by atoms with Crippen LogP contribution in [0.5, 0.6) is 0 Å². The highest BCUT2D eigenvalue weighted by atomic mass is 16.3. The zero-order chi connectivity index (χ0) is 39.9. The number of hydrogen-bond donors (Lipinski definition) is 0. The van der Waals surface area contributed by atoms with E-state index in [0.717, 1.165) is 55.3 Å². The van der Waals surface area contributed by atoms with Crippen molar-refractivity contribution in [2.24, 2.45) is 0 Å². The van der Waals surface area contributed by atoms with E-state index in [1.165, 1.54) is 65.9 Å². The highest BCUT2D eigenvalue weighted by Crippen LogP contribution is 2.40. The van der Waals surface area contributed by atoms with Gasteiger partial charge in [-0.1, -0.05) is 117 Å². The Hall–Kier alpha value is -7.82. The number of nitrogens with zero attached hydrogens (tertiary/aromatic N) is 2. The highest BCUT2D eigenvalue weighted by molar-refractivity contribution is 6.13. The number of fused-ring (bicyclic) bond motifs is 12. The lowest BCUT2D eigenvalue weighted by Crippen LogP contribution is -1.98. The molecular weight excluding hydrogens is 733 g/mol. The first-order valence-corrected chi connectivity index (χ1v) is 20.7. The number of rotatable bonds is 4. The summed E-state index contributed by atoms with van der Waals surface area (Å²) in [7, 11) is 0. The molecule has 0 spiro atoms. The molecule has 0 unspecified atom stereocenters. The zero-order valence-corrected chi connectivity index (χ0v) is 33.2. The van der Waals surface area contributed by atoms with Crippen molar-refractivity contribution in [2.75, 3.05) is 0 Å². The van der Waals surface area contributed by atoms with Crippen LogP contribution < -0.4 is 0 Å². The molecule has 0 radical (unpaired) electrons. The van der Waals surface area contributed by atoms with E-state index >= 15 is 0 Å². The molecule has 0 fully saturated rings. The van der Waals surface area contributed by atoms with Crippen molar-refractivity contribution in [1.82, 2.24) is 9.13 Å². The molecule has 0 atom stereocenters. The third kappa shape index (κ3) is 5.11. The average Bonchev–Trinajstić information content (AvgIpc) is 4.06. The van der Waals surface area contributed by atoms with Crippen molar-refractivity contribution in [1.29, 1.82) is 0 Å². The molecule has 13 aromatic rings. The molecule has 0 aliphatic carbocycles. The van der Waals surface area contributed by atoms with Crippen molar-refractivity contribution in [3.63, 3.8) is 0 Å². The van der Waals surface area contributed by atoms with Crippen molar-refractivity contribution in [3.05, 3.63) is 194 Å². The van der Waals surface area contributed by atoms with Gasteiger partial charge in [0, 0.05) is 55.9 Å². The number of para-hydroxylation sites is 4. The lowest BCUT2D eigenvalue weighted by Gasteiger charge is -2.13. The van der Waals surface area contributed by atoms with Gasteiger partial charge >= 0.3 is 0 Å². The van der Waals surface area contributed by atoms with E-state index in [2.05, 4.69) is 179 Å². The number of aromatic nitrogens is 2. The predicted octanol–water partition coefficient (Wildman–Crippen LogP) is 16.3. The molecule has 4 nitrogen and oxygen atoms in total. The summed E-state index contributed by atoms with van der Waals surface area (Å²) < 4.78 is 17.1. The molecule has 0 saturated carbocycles. The Balaban J connectivity index is 0.00000138. The fourth-order valence-electron chi connectivity index (χ4n) is 9.44. The molecule has 4 aromatic heterocycles. The molecule has 4 heteroatoms. The van der Waals surface area contributed by atoms with E-state index in [4.69, 9.17) is 8.83 Å². The van der Waals surface area contributed by atoms with Gasteiger partial charge < -0.3 is 18.0 Å². The van der Waals surface area contributed by atoms with Crippen molar-refractivity contribution in [2.45, 2.75) is 13.8 Å². The van der Waals surface area contributed by atoms with Crippen molar-refractivity contribution >= 4 is 87.5 Å². The SMILES string of the molecule is CC.[HH].c1cc(-n2c3ccccc3c3cc(-c4ccc5oc6ccccc6c5c4)ccc32)cc(-n2c3ccccc3c3cc(-c4ccc5oc6ccccc6c5c4)ccc32)c1. The fraction of sp³-hybridized carbons (Fsp3) is 0.0357. The second kappa shape index (κ2) is 13.4. The molecule has 60 heavy (non-hydrogen) atoms. The lowest BCUT2D eigenvalue weighted by atomic mass is 10.0. The summed E-state index contributed by atoms with van der Waals surface area (Å²) in [4.78, 5) is 0. The molecule has 0 aliphatic heterocycles. The van der Waals surface area contributed by atoms with Gasteiger partial charge in [-0.25, -0.2) is 0 Å². The van der Waals surface area contributed by atoms with Crippen molar-refractivity contribution < 1.29 is 10.3 Å². The quantitative estimate of drug-likeness (QED) is 0.179. The van der Waals surface area contributed by atoms with Crippen LogP contribution in [0.1, 0.15) is 15.3 Å². The van der Waals surface area contributed by atoms with Gasteiger partial charge in [-0.05, 0) is 113 Å². The van der Waals surface area contributed by atoms with Crippen LogP contribution in [-0.4, -0.2) is 9.13 Å². The summed E-state index contributed by atoms with van der Waals surface area (Å²) in [6.45, 7) is 4.00. The van der Waals surface area contributed by atoms with E-state index in [0.29, 0.717) is 0 Å². The maximum atomic E-state index is 6.14. The Bertz CT molecular complexity index is 3580. The predicted molar refractivity (Wildman–Crippen MR) is 254 cm³/mol. The molecule has 286 valence electrons. The van der Waals surface area contributed by atoms with E-state index in [-0.39, 0.29) is 1.43 Å². The Morgan fingerprint density at radius 1 is 0.283 bits per heavy atom. The van der Waals surface area contributed by atoms with Gasteiger partial charge in [0.05, 0.1) is 22.1 Å². The monoisotopic (exact) mass is 772 g/mol. The minimum Gasteiger partial charge on any atom is -0.456 e. The molecule has 0 aliphatic rings.